The number of ether oxygens (including phenoxy) is 1. The quantitative estimate of drug-likeness (QED) is 0.644. The molecule has 0 saturated carbocycles. The second kappa shape index (κ2) is 9.50. The van der Waals surface area contributed by atoms with E-state index in [0.717, 1.165) is 6.07 Å². The molecule has 0 aromatic heterocycles. The van der Waals surface area contributed by atoms with Crippen LogP contribution in [0.3, 0.4) is 0 Å². The SMILES string of the molecule is COc1ccccc1CC(CNC(=O)c1ccc(F)c(NC(C)=O)c1)C(=O)O. The van der Waals surface area contributed by atoms with Crippen LogP contribution in [0.4, 0.5) is 10.1 Å². The molecule has 1 atom stereocenters. The van der Waals surface area contributed by atoms with Gasteiger partial charge in [0, 0.05) is 19.0 Å². The lowest BCUT2D eigenvalue weighted by Crippen LogP contribution is -2.34. The van der Waals surface area contributed by atoms with Crippen molar-refractivity contribution >= 4 is 23.5 Å². The smallest absolute Gasteiger partial charge is 0.308 e. The van der Waals surface area contributed by atoms with Gasteiger partial charge in [0.25, 0.3) is 5.91 Å². The summed E-state index contributed by atoms with van der Waals surface area (Å²) in [6.45, 7) is 1.10. The molecule has 0 spiro atoms. The number of rotatable bonds is 8. The molecule has 0 aliphatic carbocycles. The number of carboxylic acid groups (broad SMARTS) is 1. The first-order valence-corrected chi connectivity index (χ1v) is 8.51. The molecule has 0 aliphatic heterocycles. The molecule has 2 aromatic carbocycles. The number of amides is 2. The molecule has 0 radical (unpaired) electrons. The third-order valence-corrected chi connectivity index (χ3v) is 4.06. The number of hydrogen-bond acceptors (Lipinski definition) is 4. The molecule has 3 N–H and O–H groups in total. The van der Waals surface area contributed by atoms with E-state index >= 15 is 0 Å². The van der Waals surface area contributed by atoms with Crippen molar-refractivity contribution in [2.75, 3.05) is 19.0 Å². The number of hydrogen-bond donors (Lipinski definition) is 3. The van der Waals surface area contributed by atoms with Gasteiger partial charge in [-0.25, -0.2) is 4.39 Å². The van der Waals surface area contributed by atoms with Crippen molar-refractivity contribution in [3.05, 3.63) is 59.4 Å². The maximum absolute atomic E-state index is 13.7. The van der Waals surface area contributed by atoms with Gasteiger partial charge < -0.3 is 20.5 Å². The van der Waals surface area contributed by atoms with Crippen molar-refractivity contribution in [1.29, 1.82) is 0 Å². The number of carbonyl (C=O) groups is 3. The molecular formula is C20H21FN2O5. The summed E-state index contributed by atoms with van der Waals surface area (Å²) in [6, 6.07) is 10.6. The summed E-state index contributed by atoms with van der Waals surface area (Å²) in [4.78, 5) is 35.0. The molecule has 2 rings (SSSR count). The zero-order chi connectivity index (χ0) is 20.7. The minimum atomic E-state index is -1.07. The Labute approximate surface area is 161 Å². The van der Waals surface area contributed by atoms with Crippen molar-refractivity contribution < 1.29 is 28.6 Å². The zero-order valence-electron chi connectivity index (χ0n) is 15.5. The number of aliphatic carboxylic acids is 1. The number of para-hydroxylation sites is 1. The van der Waals surface area contributed by atoms with Gasteiger partial charge in [-0.1, -0.05) is 18.2 Å². The Bertz CT molecular complexity index is 885. The Morgan fingerprint density at radius 3 is 2.54 bits per heavy atom. The Morgan fingerprint density at radius 1 is 1.18 bits per heavy atom. The van der Waals surface area contributed by atoms with Gasteiger partial charge in [-0.15, -0.1) is 0 Å². The second-order valence-electron chi connectivity index (χ2n) is 6.14. The summed E-state index contributed by atoms with van der Waals surface area (Å²) in [5.41, 5.74) is 0.692. The molecule has 2 aromatic rings. The predicted molar refractivity (Wildman–Crippen MR) is 101 cm³/mol. The average molecular weight is 388 g/mol. The minimum absolute atomic E-state index is 0.103. The van der Waals surface area contributed by atoms with E-state index in [2.05, 4.69) is 10.6 Å². The van der Waals surface area contributed by atoms with Gasteiger partial charge in [-0.05, 0) is 36.2 Å². The van der Waals surface area contributed by atoms with Crippen LogP contribution < -0.4 is 15.4 Å². The topological polar surface area (TPSA) is 105 Å². The number of carbonyl (C=O) groups excluding carboxylic acids is 2. The largest absolute Gasteiger partial charge is 0.496 e. The van der Waals surface area contributed by atoms with Gasteiger partial charge in [0.1, 0.15) is 11.6 Å². The molecule has 0 heterocycles. The van der Waals surface area contributed by atoms with Crippen LogP contribution >= 0.6 is 0 Å². The molecule has 2 amide bonds. The highest BCUT2D eigenvalue weighted by Crippen LogP contribution is 2.21. The van der Waals surface area contributed by atoms with Crippen LogP contribution in [0.25, 0.3) is 0 Å². The molecule has 8 heteroatoms. The molecule has 7 nitrogen and oxygen atoms in total. The first-order chi connectivity index (χ1) is 13.3. The van der Waals surface area contributed by atoms with Gasteiger partial charge in [0.05, 0.1) is 18.7 Å². The van der Waals surface area contributed by atoms with E-state index in [-0.39, 0.29) is 24.2 Å². The number of benzene rings is 2. The number of methoxy groups -OCH3 is 1. The van der Waals surface area contributed by atoms with Crippen LogP contribution in [0.5, 0.6) is 5.75 Å². The molecule has 0 saturated heterocycles. The number of halogens is 1. The lowest BCUT2D eigenvalue weighted by atomic mass is 9.98. The van der Waals surface area contributed by atoms with Crippen molar-refractivity contribution in [3.63, 3.8) is 0 Å². The molecule has 148 valence electrons. The Balaban J connectivity index is 2.08. The van der Waals surface area contributed by atoms with Gasteiger partial charge in [-0.2, -0.15) is 0 Å². The fraction of sp³-hybridized carbons (Fsp3) is 0.250. The van der Waals surface area contributed by atoms with E-state index < -0.39 is 29.5 Å². The Kier molecular flexibility index (Phi) is 7.08. The lowest BCUT2D eigenvalue weighted by molar-refractivity contribution is -0.141. The third-order valence-electron chi connectivity index (χ3n) is 4.06. The van der Waals surface area contributed by atoms with Crippen LogP contribution in [0, 0.1) is 11.7 Å². The number of carboxylic acids is 1. The first-order valence-electron chi connectivity index (χ1n) is 8.51. The monoisotopic (exact) mass is 388 g/mol. The van der Waals surface area contributed by atoms with Gasteiger partial charge in [0.15, 0.2) is 0 Å². The van der Waals surface area contributed by atoms with Gasteiger partial charge >= 0.3 is 5.97 Å². The van der Waals surface area contributed by atoms with Crippen molar-refractivity contribution in [1.82, 2.24) is 5.32 Å². The average Bonchev–Trinajstić information content (AvgIpc) is 2.66. The van der Waals surface area contributed by atoms with E-state index in [0.29, 0.717) is 11.3 Å². The zero-order valence-corrected chi connectivity index (χ0v) is 15.5. The summed E-state index contributed by atoms with van der Waals surface area (Å²) in [5, 5.41) is 14.3. The highest BCUT2D eigenvalue weighted by molar-refractivity contribution is 5.97. The van der Waals surface area contributed by atoms with Crippen molar-refractivity contribution in [2.45, 2.75) is 13.3 Å². The van der Waals surface area contributed by atoms with Crippen LogP contribution in [-0.2, 0) is 16.0 Å². The normalized spacial score (nSPS) is 11.4. The molecule has 0 aliphatic rings. The van der Waals surface area contributed by atoms with E-state index in [4.69, 9.17) is 4.74 Å². The molecule has 1 unspecified atom stereocenters. The standard InChI is InChI=1S/C20H21FN2O5/c1-12(24)23-17-10-14(7-8-16(17)21)19(25)22-11-15(20(26)27)9-13-5-3-4-6-18(13)28-2/h3-8,10,15H,9,11H2,1-2H3,(H,22,25)(H,23,24)(H,26,27). The summed E-state index contributed by atoms with van der Waals surface area (Å²) in [5.74, 6) is -3.10. The second-order valence-corrected chi connectivity index (χ2v) is 6.14. The van der Waals surface area contributed by atoms with E-state index in [1.54, 1.807) is 24.3 Å². The van der Waals surface area contributed by atoms with E-state index in [9.17, 15) is 23.9 Å². The molecule has 0 bridgehead atoms. The lowest BCUT2D eigenvalue weighted by Gasteiger charge is -2.16. The van der Waals surface area contributed by atoms with Crippen LogP contribution in [0.1, 0.15) is 22.8 Å². The Hall–Kier alpha value is -3.42. The van der Waals surface area contributed by atoms with Gasteiger partial charge in [0.2, 0.25) is 5.91 Å². The highest BCUT2D eigenvalue weighted by Gasteiger charge is 2.21. The predicted octanol–water partition coefficient (Wildman–Crippen LogP) is 2.47. The summed E-state index contributed by atoms with van der Waals surface area (Å²) < 4.78 is 18.9. The number of anilines is 1. The van der Waals surface area contributed by atoms with E-state index in [1.807, 2.05) is 0 Å². The van der Waals surface area contributed by atoms with E-state index in [1.165, 1.54) is 26.2 Å². The first kappa shape index (κ1) is 20.9. The molecule has 0 fully saturated rings. The fourth-order valence-corrected chi connectivity index (χ4v) is 2.65. The van der Waals surface area contributed by atoms with Crippen LogP contribution in [-0.4, -0.2) is 36.5 Å². The van der Waals surface area contributed by atoms with Crippen LogP contribution in [0.2, 0.25) is 0 Å². The van der Waals surface area contributed by atoms with Crippen LogP contribution in [0.15, 0.2) is 42.5 Å². The van der Waals surface area contributed by atoms with Crippen molar-refractivity contribution in [2.24, 2.45) is 5.92 Å². The fourth-order valence-electron chi connectivity index (χ4n) is 2.65. The molecule has 28 heavy (non-hydrogen) atoms. The summed E-state index contributed by atoms with van der Waals surface area (Å²) in [7, 11) is 1.50. The minimum Gasteiger partial charge on any atom is -0.496 e. The maximum atomic E-state index is 13.7. The van der Waals surface area contributed by atoms with Crippen molar-refractivity contribution in [3.8, 4) is 5.75 Å². The summed E-state index contributed by atoms with van der Waals surface area (Å²) >= 11 is 0. The third kappa shape index (κ3) is 5.54. The summed E-state index contributed by atoms with van der Waals surface area (Å²) in [6.07, 6.45) is 0.167. The highest BCUT2D eigenvalue weighted by atomic mass is 19.1. The Morgan fingerprint density at radius 2 is 1.89 bits per heavy atom. The number of nitrogens with one attached hydrogen (secondary N) is 2. The molecular weight excluding hydrogens is 367 g/mol. The van der Waals surface area contributed by atoms with Gasteiger partial charge in [-0.3, -0.25) is 14.4 Å². The maximum Gasteiger partial charge on any atom is 0.308 e.